The van der Waals surface area contributed by atoms with Gasteiger partial charge in [-0.15, -0.1) is 0 Å². The number of hydrogen-bond donors (Lipinski definition) is 0. The summed E-state index contributed by atoms with van der Waals surface area (Å²) in [4.78, 5) is 16.1. The summed E-state index contributed by atoms with van der Waals surface area (Å²) in [6, 6.07) is 8.14. The quantitative estimate of drug-likeness (QED) is 0.451. The summed E-state index contributed by atoms with van der Waals surface area (Å²) < 4.78 is 35.8. The lowest BCUT2D eigenvalue weighted by molar-refractivity contribution is 0.0322. The molecule has 1 fully saturated rings. The molecule has 4 rings (SSSR count). The Morgan fingerprint density at radius 2 is 2.06 bits per heavy atom. The maximum absolute atomic E-state index is 13.9. The van der Waals surface area contributed by atoms with Gasteiger partial charge in [-0.2, -0.15) is 0 Å². The average Bonchev–Trinajstić information content (AvgIpc) is 3.25. The van der Waals surface area contributed by atoms with Gasteiger partial charge in [0.2, 0.25) is 0 Å². The summed E-state index contributed by atoms with van der Waals surface area (Å²) in [6.07, 6.45) is 3.01. The van der Waals surface area contributed by atoms with E-state index in [9.17, 15) is 9.18 Å². The van der Waals surface area contributed by atoms with Gasteiger partial charge >= 0.3 is 0 Å². The van der Waals surface area contributed by atoms with Crippen molar-refractivity contribution in [3.05, 3.63) is 53.4 Å². The van der Waals surface area contributed by atoms with E-state index in [2.05, 4.69) is 4.90 Å². The molecule has 0 atom stereocenters. The van der Waals surface area contributed by atoms with Crippen LogP contribution in [0.2, 0.25) is 0 Å². The van der Waals surface area contributed by atoms with E-state index >= 15 is 0 Å². The Balaban J connectivity index is 1.49. The van der Waals surface area contributed by atoms with Crippen LogP contribution in [0.4, 0.5) is 4.39 Å². The number of ketones is 1. The highest BCUT2D eigenvalue weighted by Crippen LogP contribution is 2.41. The number of methoxy groups -OCH3 is 1. The van der Waals surface area contributed by atoms with Gasteiger partial charge in [-0.1, -0.05) is 23.9 Å². The number of morpholine rings is 1. The highest BCUT2D eigenvalue weighted by Gasteiger charge is 2.21. The molecule has 6 nitrogen and oxygen atoms in total. The van der Waals surface area contributed by atoms with Gasteiger partial charge in [0.05, 0.1) is 30.8 Å². The van der Waals surface area contributed by atoms with Gasteiger partial charge in [0.1, 0.15) is 24.0 Å². The first-order chi connectivity index (χ1) is 15.1. The molecule has 164 valence electrons. The SMILES string of the molecule is COc1ccc(/C=C/C(=O)c2cc3c(cc2OCCN2CCOCC2)OCS3)cc1F. The van der Waals surface area contributed by atoms with Crippen LogP contribution in [-0.4, -0.2) is 63.2 Å². The molecule has 2 aliphatic heterocycles. The van der Waals surface area contributed by atoms with Gasteiger partial charge < -0.3 is 18.9 Å². The second kappa shape index (κ2) is 10.2. The zero-order chi connectivity index (χ0) is 21.6. The number of thioether (sulfide) groups is 1. The Morgan fingerprint density at radius 3 is 2.84 bits per heavy atom. The van der Waals surface area contributed by atoms with Gasteiger partial charge in [-0.3, -0.25) is 9.69 Å². The van der Waals surface area contributed by atoms with Gasteiger partial charge in [0, 0.05) is 25.7 Å². The van der Waals surface area contributed by atoms with E-state index in [-0.39, 0.29) is 11.5 Å². The van der Waals surface area contributed by atoms with Crippen LogP contribution in [0.3, 0.4) is 0 Å². The number of allylic oxidation sites excluding steroid dienone is 1. The summed E-state index contributed by atoms with van der Waals surface area (Å²) >= 11 is 1.54. The molecule has 2 aliphatic rings. The Labute approximate surface area is 184 Å². The summed E-state index contributed by atoms with van der Waals surface area (Å²) in [7, 11) is 1.41. The second-order valence-electron chi connectivity index (χ2n) is 7.10. The standard InChI is InChI=1S/C23H24FNO5S/c1-27-20-5-3-16(12-18(20)24)2-4-19(26)17-13-23-22(30-15-31-23)14-21(17)29-11-8-25-6-9-28-10-7-25/h2-5,12-14H,6-11,15H2,1H3/b4-2+. The highest BCUT2D eigenvalue weighted by atomic mass is 32.2. The van der Waals surface area contributed by atoms with Crippen molar-refractivity contribution >= 4 is 23.6 Å². The predicted octanol–water partition coefficient (Wildman–Crippen LogP) is 3.88. The number of rotatable bonds is 8. The van der Waals surface area contributed by atoms with Crippen molar-refractivity contribution in [3.63, 3.8) is 0 Å². The molecule has 0 aromatic heterocycles. The normalized spacial score (nSPS) is 16.2. The molecule has 0 saturated carbocycles. The van der Waals surface area contributed by atoms with Gasteiger partial charge in [0.25, 0.3) is 0 Å². The molecule has 8 heteroatoms. The lowest BCUT2D eigenvalue weighted by atomic mass is 10.1. The third-order valence-electron chi connectivity index (χ3n) is 5.11. The van der Waals surface area contributed by atoms with Crippen molar-refractivity contribution in [1.82, 2.24) is 4.90 Å². The van der Waals surface area contributed by atoms with Crippen molar-refractivity contribution in [1.29, 1.82) is 0 Å². The molecule has 0 bridgehead atoms. The van der Waals surface area contributed by atoms with Crippen LogP contribution >= 0.6 is 11.8 Å². The first kappa shape index (κ1) is 21.7. The molecular formula is C23H24FNO5S. The summed E-state index contributed by atoms with van der Waals surface area (Å²) in [5, 5.41) is 0. The zero-order valence-corrected chi connectivity index (χ0v) is 18.1. The van der Waals surface area contributed by atoms with E-state index in [4.69, 9.17) is 18.9 Å². The number of ether oxygens (including phenoxy) is 4. The van der Waals surface area contributed by atoms with Crippen molar-refractivity contribution in [2.75, 3.05) is 52.5 Å². The lowest BCUT2D eigenvalue weighted by Gasteiger charge is -2.26. The Morgan fingerprint density at radius 1 is 1.23 bits per heavy atom. The van der Waals surface area contributed by atoms with E-state index in [0.29, 0.717) is 29.4 Å². The number of benzene rings is 2. The van der Waals surface area contributed by atoms with Gasteiger partial charge in [0.15, 0.2) is 17.3 Å². The fourth-order valence-electron chi connectivity index (χ4n) is 3.39. The minimum absolute atomic E-state index is 0.162. The largest absolute Gasteiger partial charge is 0.494 e. The maximum atomic E-state index is 13.9. The summed E-state index contributed by atoms with van der Waals surface area (Å²) in [5.74, 6) is 1.20. The van der Waals surface area contributed by atoms with Crippen LogP contribution < -0.4 is 14.2 Å². The van der Waals surface area contributed by atoms with Crippen LogP contribution in [0, 0.1) is 5.82 Å². The molecule has 0 N–H and O–H groups in total. The molecule has 2 aromatic carbocycles. The lowest BCUT2D eigenvalue weighted by Crippen LogP contribution is -2.38. The maximum Gasteiger partial charge on any atom is 0.189 e. The first-order valence-corrected chi connectivity index (χ1v) is 11.0. The first-order valence-electron chi connectivity index (χ1n) is 10.1. The molecule has 0 unspecified atom stereocenters. The Kier molecular flexibility index (Phi) is 7.11. The number of fused-ring (bicyclic) bond motifs is 1. The van der Waals surface area contributed by atoms with E-state index < -0.39 is 5.82 Å². The molecule has 2 aromatic rings. The molecule has 0 amide bonds. The van der Waals surface area contributed by atoms with E-state index in [1.807, 2.05) is 0 Å². The molecule has 1 saturated heterocycles. The van der Waals surface area contributed by atoms with Gasteiger partial charge in [-0.05, 0) is 29.8 Å². The van der Waals surface area contributed by atoms with Gasteiger partial charge in [-0.25, -0.2) is 4.39 Å². The van der Waals surface area contributed by atoms with Crippen LogP contribution in [-0.2, 0) is 4.74 Å². The number of carbonyl (C=O) groups is 1. The van der Waals surface area contributed by atoms with Crippen LogP contribution in [0.15, 0.2) is 41.3 Å². The number of carbonyl (C=O) groups excluding carboxylic acids is 1. The van der Waals surface area contributed by atoms with Crippen molar-refractivity contribution in [2.45, 2.75) is 4.90 Å². The number of halogens is 1. The minimum atomic E-state index is -0.477. The molecule has 31 heavy (non-hydrogen) atoms. The van der Waals surface area contributed by atoms with E-state index in [1.165, 1.54) is 37.1 Å². The fraction of sp³-hybridized carbons (Fsp3) is 0.348. The van der Waals surface area contributed by atoms with E-state index in [1.54, 1.807) is 24.3 Å². The third kappa shape index (κ3) is 5.39. The Bertz CT molecular complexity index is 975. The predicted molar refractivity (Wildman–Crippen MR) is 117 cm³/mol. The van der Waals surface area contributed by atoms with Crippen LogP contribution in [0.5, 0.6) is 17.2 Å². The molecule has 0 aliphatic carbocycles. The minimum Gasteiger partial charge on any atom is -0.494 e. The molecular weight excluding hydrogens is 421 g/mol. The fourth-order valence-corrected chi connectivity index (χ4v) is 4.17. The monoisotopic (exact) mass is 445 g/mol. The highest BCUT2D eigenvalue weighted by molar-refractivity contribution is 7.99. The van der Waals surface area contributed by atoms with Crippen LogP contribution in [0.1, 0.15) is 15.9 Å². The Hall–Kier alpha value is -2.55. The van der Waals surface area contributed by atoms with Crippen molar-refractivity contribution in [3.8, 4) is 17.2 Å². The van der Waals surface area contributed by atoms with Crippen LogP contribution in [0.25, 0.3) is 6.08 Å². The topological polar surface area (TPSA) is 57.2 Å². The number of hydrogen-bond acceptors (Lipinski definition) is 7. The zero-order valence-electron chi connectivity index (χ0n) is 17.3. The summed E-state index contributed by atoms with van der Waals surface area (Å²) in [5.41, 5.74) is 1.03. The smallest absolute Gasteiger partial charge is 0.189 e. The van der Waals surface area contributed by atoms with Crippen molar-refractivity contribution in [2.24, 2.45) is 0 Å². The second-order valence-corrected chi connectivity index (χ2v) is 8.06. The number of nitrogens with zero attached hydrogens (tertiary/aromatic N) is 1. The third-order valence-corrected chi connectivity index (χ3v) is 5.98. The van der Waals surface area contributed by atoms with E-state index in [0.717, 1.165) is 43.5 Å². The molecule has 0 radical (unpaired) electrons. The van der Waals surface area contributed by atoms with Crippen molar-refractivity contribution < 1.29 is 28.1 Å². The summed E-state index contributed by atoms with van der Waals surface area (Å²) in [6.45, 7) is 4.42. The molecule has 0 spiro atoms. The average molecular weight is 446 g/mol. The molecule has 2 heterocycles.